The van der Waals surface area contributed by atoms with Crippen LogP contribution in [0, 0.1) is 17.8 Å². The molecule has 0 bridgehead atoms. The van der Waals surface area contributed by atoms with E-state index in [9.17, 15) is 0 Å². The van der Waals surface area contributed by atoms with E-state index in [0.29, 0.717) is 0 Å². The van der Waals surface area contributed by atoms with Crippen molar-refractivity contribution in [3.05, 3.63) is 0 Å². The van der Waals surface area contributed by atoms with Crippen molar-refractivity contribution in [3.63, 3.8) is 0 Å². The van der Waals surface area contributed by atoms with Gasteiger partial charge in [0.15, 0.2) is 0 Å². The molecule has 1 saturated heterocycles. The second-order valence-corrected chi connectivity index (χ2v) is 7.97. The van der Waals surface area contributed by atoms with Crippen molar-refractivity contribution in [3.8, 4) is 0 Å². The molecule has 116 valence electrons. The molecule has 1 N–H and O–H groups in total. The van der Waals surface area contributed by atoms with Crippen LogP contribution in [-0.4, -0.2) is 36.6 Å². The summed E-state index contributed by atoms with van der Waals surface area (Å²) in [6.07, 6.45) is 11.9. The van der Waals surface area contributed by atoms with E-state index in [1.165, 1.54) is 71.0 Å². The van der Waals surface area contributed by atoms with Gasteiger partial charge < -0.3 is 10.2 Å². The smallest absolute Gasteiger partial charge is 0.00700 e. The number of nitrogens with one attached hydrogen (secondary N) is 1. The monoisotopic (exact) mass is 278 g/mol. The largest absolute Gasteiger partial charge is 0.314 e. The fourth-order valence-corrected chi connectivity index (χ4v) is 4.89. The third-order valence-electron chi connectivity index (χ3n) is 6.28. The van der Waals surface area contributed by atoms with Gasteiger partial charge in [0, 0.05) is 18.6 Å². The number of likely N-dealkylation sites (tertiary alicyclic amines) is 1. The normalized spacial score (nSPS) is 39.1. The van der Waals surface area contributed by atoms with E-state index in [1.54, 1.807) is 0 Å². The summed E-state index contributed by atoms with van der Waals surface area (Å²) in [6.45, 7) is 8.58. The first-order valence-electron chi connectivity index (χ1n) is 9.20. The fourth-order valence-electron chi connectivity index (χ4n) is 4.89. The second kappa shape index (κ2) is 6.79. The first-order valence-corrected chi connectivity index (χ1v) is 9.20. The second-order valence-electron chi connectivity index (χ2n) is 7.97. The number of hydrogen-bond acceptors (Lipinski definition) is 2. The summed E-state index contributed by atoms with van der Waals surface area (Å²) in [6, 6.07) is 1.57. The SMILES string of the molecule is CC(C)N1CCC(CNC2CCC3CCCCC3C2)C1. The van der Waals surface area contributed by atoms with Gasteiger partial charge in [0.25, 0.3) is 0 Å². The molecule has 2 aliphatic carbocycles. The molecule has 1 heterocycles. The molecule has 2 nitrogen and oxygen atoms in total. The van der Waals surface area contributed by atoms with E-state index < -0.39 is 0 Å². The number of nitrogens with zero attached hydrogens (tertiary/aromatic N) is 1. The van der Waals surface area contributed by atoms with Crippen LogP contribution in [0.5, 0.6) is 0 Å². The van der Waals surface area contributed by atoms with Gasteiger partial charge in [-0.05, 0) is 70.4 Å². The van der Waals surface area contributed by atoms with Gasteiger partial charge in [0.1, 0.15) is 0 Å². The fraction of sp³-hybridized carbons (Fsp3) is 1.00. The van der Waals surface area contributed by atoms with Crippen molar-refractivity contribution in [2.24, 2.45) is 17.8 Å². The highest BCUT2D eigenvalue weighted by Crippen LogP contribution is 2.40. The van der Waals surface area contributed by atoms with E-state index >= 15 is 0 Å². The standard InChI is InChI=1S/C18H34N2/c1-14(2)20-10-9-15(13-20)12-19-18-8-7-16-5-3-4-6-17(16)11-18/h14-19H,3-13H2,1-2H3. The molecule has 0 amide bonds. The third-order valence-corrected chi connectivity index (χ3v) is 6.28. The maximum Gasteiger partial charge on any atom is 0.00700 e. The summed E-state index contributed by atoms with van der Waals surface area (Å²) in [5.41, 5.74) is 0. The van der Waals surface area contributed by atoms with Crippen LogP contribution in [0.3, 0.4) is 0 Å². The topological polar surface area (TPSA) is 15.3 Å². The van der Waals surface area contributed by atoms with Gasteiger partial charge in [-0.2, -0.15) is 0 Å². The van der Waals surface area contributed by atoms with Crippen molar-refractivity contribution < 1.29 is 0 Å². The minimum atomic E-state index is 0.734. The van der Waals surface area contributed by atoms with Crippen LogP contribution in [-0.2, 0) is 0 Å². The van der Waals surface area contributed by atoms with E-state index in [2.05, 4.69) is 24.1 Å². The van der Waals surface area contributed by atoms with Gasteiger partial charge >= 0.3 is 0 Å². The van der Waals surface area contributed by atoms with Crippen LogP contribution >= 0.6 is 0 Å². The zero-order valence-corrected chi connectivity index (χ0v) is 13.6. The summed E-state index contributed by atoms with van der Waals surface area (Å²) in [4.78, 5) is 2.64. The Bertz CT molecular complexity index is 302. The summed E-state index contributed by atoms with van der Waals surface area (Å²) >= 11 is 0. The number of hydrogen-bond donors (Lipinski definition) is 1. The Hall–Kier alpha value is -0.0800. The molecule has 0 aromatic heterocycles. The molecule has 0 aromatic rings. The van der Waals surface area contributed by atoms with Crippen molar-refractivity contribution in [1.82, 2.24) is 10.2 Å². The van der Waals surface area contributed by atoms with Gasteiger partial charge in [-0.15, -0.1) is 0 Å². The minimum Gasteiger partial charge on any atom is -0.314 e. The van der Waals surface area contributed by atoms with Crippen LogP contribution in [0.4, 0.5) is 0 Å². The Morgan fingerprint density at radius 3 is 2.55 bits per heavy atom. The van der Waals surface area contributed by atoms with E-state index in [-0.39, 0.29) is 0 Å². The average molecular weight is 278 g/mol. The molecule has 3 fully saturated rings. The highest BCUT2D eigenvalue weighted by atomic mass is 15.2. The minimum absolute atomic E-state index is 0.734. The molecule has 4 atom stereocenters. The lowest BCUT2D eigenvalue weighted by atomic mass is 9.69. The molecule has 0 spiro atoms. The predicted molar refractivity (Wildman–Crippen MR) is 85.9 cm³/mol. The van der Waals surface area contributed by atoms with Gasteiger partial charge in [-0.25, -0.2) is 0 Å². The molecule has 3 aliphatic rings. The lowest BCUT2D eigenvalue weighted by Gasteiger charge is -2.40. The van der Waals surface area contributed by atoms with Crippen molar-refractivity contribution in [1.29, 1.82) is 0 Å². The molecular formula is C18H34N2. The Balaban J connectivity index is 1.39. The lowest BCUT2D eigenvalue weighted by Crippen LogP contribution is -2.41. The predicted octanol–water partition coefficient (Wildman–Crippen LogP) is 3.67. The number of fused-ring (bicyclic) bond motifs is 1. The molecule has 2 saturated carbocycles. The molecule has 0 aromatic carbocycles. The quantitative estimate of drug-likeness (QED) is 0.844. The Morgan fingerprint density at radius 1 is 1.00 bits per heavy atom. The van der Waals surface area contributed by atoms with E-state index in [4.69, 9.17) is 0 Å². The van der Waals surface area contributed by atoms with Gasteiger partial charge in [0.05, 0.1) is 0 Å². The highest BCUT2D eigenvalue weighted by Gasteiger charge is 2.32. The molecule has 20 heavy (non-hydrogen) atoms. The van der Waals surface area contributed by atoms with Crippen molar-refractivity contribution in [2.45, 2.75) is 77.3 Å². The van der Waals surface area contributed by atoms with Crippen LogP contribution in [0.2, 0.25) is 0 Å². The van der Waals surface area contributed by atoms with E-state index in [1.807, 2.05) is 0 Å². The van der Waals surface area contributed by atoms with Crippen LogP contribution in [0.1, 0.15) is 65.2 Å². The first kappa shape index (κ1) is 14.8. The Labute approximate surface area is 125 Å². The van der Waals surface area contributed by atoms with Crippen molar-refractivity contribution >= 4 is 0 Å². The van der Waals surface area contributed by atoms with Gasteiger partial charge in [-0.3, -0.25) is 0 Å². The zero-order chi connectivity index (χ0) is 13.9. The summed E-state index contributed by atoms with van der Waals surface area (Å²) in [5.74, 6) is 3.05. The summed E-state index contributed by atoms with van der Waals surface area (Å²) in [7, 11) is 0. The van der Waals surface area contributed by atoms with Crippen molar-refractivity contribution in [2.75, 3.05) is 19.6 Å². The molecule has 1 aliphatic heterocycles. The molecule has 3 rings (SSSR count). The number of rotatable bonds is 4. The summed E-state index contributed by atoms with van der Waals surface area (Å²) in [5, 5.41) is 3.93. The van der Waals surface area contributed by atoms with Crippen LogP contribution in [0.25, 0.3) is 0 Å². The molecule has 2 heteroatoms. The maximum atomic E-state index is 3.93. The highest BCUT2D eigenvalue weighted by molar-refractivity contribution is 4.87. The molecular weight excluding hydrogens is 244 g/mol. The Morgan fingerprint density at radius 2 is 1.80 bits per heavy atom. The molecule has 0 radical (unpaired) electrons. The maximum absolute atomic E-state index is 3.93. The summed E-state index contributed by atoms with van der Waals surface area (Å²) < 4.78 is 0. The molecule has 4 unspecified atom stereocenters. The first-order chi connectivity index (χ1) is 9.72. The van der Waals surface area contributed by atoms with E-state index in [0.717, 1.165) is 29.8 Å². The van der Waals surface area contributed by atoms with Crippen LogP contribution in [0.15, 0.2) is 0 Å². The lowest BCUT2D eigenvalue weighted by molar-refractivity contribution is 0.141. The van der Waals surface area contributed by atoms with Gasteiger partial charge in [-0.1, -0.05) is 25.7 Å². The Kier molecular flexibility index (Phi) is 5.04. The zero-order valence-electron chi connectivity index (χ0n) is 13.6. The van der Waals surface area contributed by atoms with Gasteiger partial charge in [0.2, 0.25) is 0 Å². The third kappa shape index (κ3) is 3.57. The van der Waals surface area contributed by atoms with Crippen LogP contribution < -0.4 is 5.32 Å². The average Bonchev–Trinajstić information content (AvgIpc) is 2.94.